The number of carbonyl (C=O) groups is 1. The van der Waals surface area contributed by atoms with Crippen LogP contribution in [0.4, 0.5) is 4.39 Å². The largest absolute Gasteiger partial charge is 0.418 e. The Morgan fingerprint density at radius 3 is 2.96 bits per heavy atom. The van der Waals surface area contributed by atoms with E-state index in [1.165, 1.54) is 23.4 Å². The summed E-state index contributed by atoms with van der Waals surface area (Å²) in [7, 11) is 0. The third kappa shape index (κ3) is 3.19. The van der Waals surface area contributed by atoms with Crippen molar-refractivity contribution < 1.29 is 13.6 Å². The zero-order chi connectivity index (χ0) is 17.9. The number of amides is 1. The van der Waals surface area contributed by atoms with Gasteiger partial charge in [-0.2, -0.15) is 5.10 Å². The van der Waals surface area contributed by atoms with Crippen LogP contribution >= 0.6 is 0 Å². The van der Waals surface area contributed by atoms with Crippen LogP contribution in [0.2, 0.25) is 0 Å². The number of carbonyl (C=O) groups excluding carboxylic acids is 1. The van der Waals surface area contributed by atoms with E-state index in [0.717, 1.165) is 19.3 Å². The van der Waals surface area contributed by atoms with E-state index in [-0.39, 0.29) is 29.9 Å². The van der Waals surface area contributed by atoms with Crippen LogP contribution in [0.25, 0.3) is 11.5 Å². The molecule has 1 atom stereocenters. The highest BCUT2D eigenvalue weighted by Crippen LogP contribution is 2.32. The molecule has 2 aromatic heterocycles. The lowest BCUT2D eigenvalue weighted by atomic mass is 10.0. The lowest BCUT2D eigenvalue weighted by Gasteiger charge is -2.33. The molecule has 1 aliphatic heterocycles. The number of piperidine rings is 1. The monoisotopic (exact) mass is 356 g/mol. The Morgan fingerprint density at radius 2 is 2.15 bits per heavy atom. The van der Waals surface area contributed by atoms with Gasteiger partial charge in [-0.05, 0) is 31.4 Å². The predicted molar refractivity (Wildman–Crippen MR) is 88.0 cm³/mol. The van der Waals surface area contributed by atoms with Crippen LogP contribution in [0.15, 0.2) is 41.3 Å². The van der Waals surface area contributed by atoms with Gasteiger partial charge in [0.2, 0.25) is 11.8 Å². The first-order valence-corrected chi connectivity index (χ1v) is 8.42. The van der Waals surface area contributed by atoms with Gasteiger partial charge in [0.15, 0.2) is 0 Å². The number of aromatic nitrogens is 5. The van der Waals surface area contributed by atoms with Crippen LogP contribution in [0.1, 0.15) is 31.2 Å². The molecule has 0 unspecified atom stereocenters. The van der Waals surface area contributed by atoms with Gasteiger partial charge in [-0.3, -0.25) is 4.79 Å². The van der Waals surface area contributed by atoms with Crippen LogP contribution in [0, 0.1) is 5.82 Å². The highest BCUT2D eigenvalue weighted by molar-refractivity contribution is 5.76. The molecule has 1 aromatic carbocycles. The highest BCUT2D eigenvalue weighted by Gasteiger charge is 2.32. The second kappa shape index (κ2) is 7.03. The molecular weight excluding hydrogens is 339 g/mol. The van der Waals surface area contributed by atoms with Gasteiger partial charge in [0, 0.05) is 6.54 Å². The molecule has 0 spiro atoms. The number of rotatable bonds is 4. The fourth-order valence-electron chi connectivity index (χ4n) is 3.14. The topological polar surface area (TPSA) is 89.9 Å². The summed E-state index contributed by atoms with van der Waals surface area (Å²) >= 11 is 0. The quantitative estimate of drug-likeness (QED) is 0.712. The average Bonchev–Trinajstić information content (AvgIpc) is 3.34. The van der Waals surface area contributed by atoms with Crippen molar-refractivity contribution in [1.82, 2.24) is 29.9 Å². The van der Waals surface area contributed by atoms with Crippen LogP contribution in [0.3, 0.4) is 0 Å². The normalized spacial score (nSPS) is 17.4. The number of nitrogens with zero attached hydrogens (tertiary/aromatic N) is 6. The molecule has 3 heterocycles. The van der Waals surface area contributed by atoms with E-state index in [4.69, 9.17) is 4.42 Å². The van der Waals surface area contributed by atoms with E-state index in [0.29, 0.717) is 12.4 Å². The molecule has 1 amide bonds. The first-order chi connectivity index (χ1) is 12.7. The summed E-state index contributed by atoms with van der Waals surface area (Å²) in [5.74, 6) is -0.0708. The number of hydrogen-bond donors (Lipinski definition) is 0. The second-order valence-electron chi connectivity index (χ2n) is 6.12. The lowest BCUT2D eigenvalue weighted by molar-refractivity contribution is -0.136. The molecule has 3 aromatic rings. The minimum Gasteiger partial charge on any atom is -0.418 e. The summed E-state index contributed by atoms with van der Waals surface area (Å²) in [6.07, 6.45) is 5.48. The van der Waals surface area contributed by atoms with Crippen LogP contribution in [0.5, 0.6) is 0 Å². The minimum atomic E-state index is -0.426. The molecule has 1 fully saturated rings. The Labute approximate surface area is 148 Å². The first kappa shape index (κ1) is 16.4. The van der Waals surface area contributed by atoms with Crippen molar-refractivity contribution in [1.29, 1.82) is 0 Å². The van der Waals surface area contributed by atoms with Crippen LogP contribution in [-0.4, -0.2) is 42.3 Å². The van der Waals surface area contributed by atoms with E-state index in [2.05, 4.69) is 20.3 Å². The van der Waals surface area contributed by atoms with Gasteiger partial charge in [0.1, 0.15) is 31.1 Å². The van der Waals surface area contributed by atoms with Crippen LogP contribution < -0.4 is 0 Å². The lowest BCUT2D eigenvalue weighted by Crippen LogP contribution is -2.40. The van der Waals surface area contributed by atoms with Gasteiger partial charge in [-0.15, -0.1) is 10.2 Å². The van der Waals surface area contributed by atoms with Crippen molar-refractivity contribution in [2.45, 2.75) is 31.8 Å². The zero-order valence-corrected chi connectivity index (χ0v) is 14.0. The Bertz CT molecular complexity index is 894. The summed E-state index contributed by atoms with van der Waals surface area (Å²) < 4.78 is 21.1. The molecule has 0 saturated carbocycles. The highest BCUT2D eigenvalue weighted by atomic mass is 19.1. The van der Waals surface area contributed by atoms with Crippen molar-refractivity contribution in [3.63, 3.8) is 0 Å². The van der Waals surface area contributed by atoms with Crippen molar-refractivity contribution in [3.8, 4) is 11.5 Å². The molecule has 0 aliphatic carbocycles. The molecule has 1 saturated heterocycles. The van der Waals surface area contributed by atoms with Gasteiger partial charge in [0.25, 0.3) is 5.89 Å². The Hall–Kier alpha value is -3.10. The maximum absolute atomic E-state index is 13.9. The number of benzene rings is 1. The smallest absolute Gasteiger partial charge is 0.250 e. The van der Waals surface area contributed by atoms with Gasteiger partial charge in [-0.25, -0.2) is 14.1 Å². The first-order valence-electron chi connectivity index (χ1n) is 8.42. The van der Waals surface area contributed by atoms with Gasteiger partial charge in [0.05, 0.1) is 5.56 Å². The Morgan fingerprint density at radius 1 is 1.27 bits per heavy atom. The van der Waals surface area contributed by atoms with Gasteiger partial charge in [-0.1, -0.05) is 12.1 Å². The van der Waals surface area contributed by atoms with Gasteiger partial charge >= 0.3 is 0 Å². The summed E-state index contributed by atoms with van der Waals surface area (Å²) in [5, 5.41) is 12.0. The predicted octanol–water partition coefficient (Wildman–Crippen LogP) is 2.22. The summed E-state index contributed by atoms with van der Waals surface area (Å²) in [4.78, 5) is 18.2. The van der Waals surface area contributed by atoms with Crippen molar-refractivity contribution >= 4 is 5.91 Å². The molecule has 0 radical (unpaired) electrons. The maximum atomic E-state index is 13.9. The summed E-state index contributed by atoms with van der Waals surface area (Å²) in [6.45, 7) is 0.709. The molecule has 26 heavy (non-hydrogen) atoms. The molecule has 9 heteroatoms. The van der Waals surface area contributed by atoms with Crippen LogP contribution in [-0.2, 0) is 11.3 Å². The van der Waals surface area contributed by atoms with E-state index >= 15 is 0 Å². The average molecular weight is 356 g/mol. The van der Waals surface area contributed by atoms with E-state index in [1.807, 2.05) is 0 Å². The Balaban J connectivity index is 1.57. The van der Waals surface area contributed by atoms with E-state index in [9.17, 15) is 9.18 Å². The van der Waals surface area contributed by atoms with E-state index < -0.39 is 5.82 Å². The van der Waals surface area contributed by atoms with Crippen molar-refractivity contribution in [2.75, 3.05) is 6.54 Å². The third-order valence-corrected chi connectivity index (χ3v) is 4.42. The number of halogens is 1. The van der Waals surface area contributed by atoms with E-state index in [1.54, 1.807) is 23.1 Å². The molecule has 4 rings (SSSR count). The molecule has 134 valence electrons. The summed E-state index contributed by atoms with van der Waals surface area (Å²) in [6, 6.07) is 5.92. The summed E-state index contributed by atoms with van der Waals surface area (Å²) in [5.41, 5.74) is 0.252. The Kier molecular flexibility index (Phi) is 4.42. The molecule has 0 N–H and O–H groups in total. The number of hydrogen-bond acceptors (Lipinski definition) is 6. The van der Waals surface area contributed by atoms with Crippen molar-refractivity contribution in [2.24, 2.45) is 0 Å². The fraction of sp³-hybridized carbons (Fsp3) is 0.353. The SMILES string of the molecule is O=C(Cn1cncn1)N1CCCC[C@@H]1c1nnc(-c2ccccc2F)o1. The minimum absolute atomic E-state index is 0.0918. The van der Waals surface area contributed by atoms with Gasteiger partial charge < -0.3 is 9.32 Å². The third-order valence-electron chi connectivity index (χ3n) is 4.42. The molecule has 0 bridgehead atoms. The second-order valence-corrected chi connectivity index (χ2v) is 6.12. The maximum Gasteiger partial charge on any atom is 0.250 e. The zero-order valence-electron chi connectivity index (χ0n) is 14.0. The molecule has 8 nitrogen and oxygen atoms in total. The fourth-order valence-corrected chi connectivity index (χ4v) is 3.14. The standard InChI is InChI=1S/C17H17FN6O2/c18-13-6-2-1-5-12(13)16-21-22-17(26-16)14-7-3-4-8-24(14)15(25)9-23-11-19-10-20-23/h1-2,5-6,10-11,14H,3-4,7-9H2/t14-/m1/s1. The van der Waals surface area contributed by atoms with Crippen molar-refractivity contribution in [3.05, 3.63) is 48.6 Å². The number of likely N-dealkylation sites (tertiary alicyclic amines) is 1. The molecule has 1 aliphatic rings. The molecular formula is C17H17FN6O2.